The molecule has 1 atom stereocenters. The molecule has 0 aromatic rings. The number of carboxylic acid groups (broad SMARTS) is 1. The maximum absolute atomic E-state index is 12.5. The summed E-state index contributed by atoms with van der Waals surface area (Å²) in [6.45, 7) is 6.46. The van der Waals surface area contributed by atoms with Crippen LogP contribution >= 0.6 is 11.8 Å². The van der Waals surface area contributed by atoms with Crippen LogP contribution in [-0.4, -0.2) is 74.8 Å². The van der Waals surface area contributed by atoms with E-state index < -0.39 is 11.6 Å². The Bertz CT molecular complexity index is 357. The molecule has 1 aliphatic heterocycles. The van der Waals surface area contributed by atoms with E-state index in [9.17, 15) is 14.7 Å². The minimum absolute atomic E-state index is 0.0290. The van der Waals surface area contributed by atoms with Crippen molar-refractivity contribution in [1.29, 1.82) is 0 Å². The standard InChI is InChI=1S/C13H24N2O4S/c1-4-14(9-13(2,3)19)12(18)15-5-6-20-8-10(15)7-11(16)17/h10,19H,4-9H2,1-3H3,(H,16,17). The Morgan fingerprint density at radius 2 is 2.10 bits per heavy atom. The van der Waals surface area contributed by atoms with Gasteiger partial charge in [-0.2, -0.15) is 11.8 Å². The third-order valence-corrected chi connectivity index (χ3v) is 4.21. The average Bonchev–Trinajstić information content (AvgIpc) is 2.34. The molecular weight excluding hydrogens is 280 g/mol. The van der Waals surface area contributed by atoms with Gasteiger partial charge in [-0.15, -0.1) is 0 Å². The lowest BCUT2D eigenvalue weighted by Crippen LogP contribution is -2.54. The second kappa shape index (κ2) is 7.17. The maximum Gasteiger partial charge on any atom is 0.320 e. The Kier molecular flexibility index (Phi) is 6.13. The first-order valence-electron chi connectivity index (χ1n) is 6.82. The first-order chi connectivity index (χ1) is 9.24. The number of likely N-dealkylation sites (N-methyl/N-ethyl adjacent to an activating group) is 1. The predicted molar refractivity (Wildman–Crippen MR) is 79.0 cm³/mol. The summed E-state index contributed by atoms with van der Waals surface area (Å²) in [5, 5.41) is 18.8. The summed E-state index contributed by atoms with van der Waals surface area (Å²) in [5.74, 6) is 0.584. The molecule has 1 saturated heterocycles. The topological polar surface area (TPSA) is 81.1 Å². The third kappa shape index (κ3) is 5.20. The summed E-state index contributed by atoms with van der Waals surface area (Å²) in [7, 11) is 0. The number of thioether (sulfide) groups is 1. The highest BCUT2D eigenvalue weighted by atomic mass is 32.2. The monoisotopic (exact) mass is 304 g/mol. The maximum atomic E-state index is 12.5. The summed E-state index contributed by atoms with van der Waals surface area (Å²) in [6.07, 6.45) is -0.0290. The van der Waals surface area contributed by atoms with E-state index in [4.69, 9.17) is 5.11 Å². The first kappa shape index (κ1) is 17.1. The van der Waals surface area contributed by atoms with Crippen LogP contribution in [0.3, 0.4) is 0 Å². The highest BCUT2D eigenvalue weighted by molar-refractivity contribution is 7.99. The largest absolute Gasteiger partial charge is 0.481 e. The van der Waals surface area contributed by atoms with E-state index in [1.807, 2.05) is 6.92 Å². The fraction of sp³-hybridized carbons (Fsp3) is 0.846. The van der Waals surface area contributed by atoms with Gasteiger partial charge in [0.2, 0.25) is 0 Å². The van der Waals surface area contributed by atoms with Gasteiger partial charge in [0.05, 0.1) is 24.6 Å². The quantitative estimate of drug-likeness (QED) is 0.794. The number of rotatable bonds is 5. The fourth-order valence-corrected chi connectivity index (χ4v) is 3.30. The molecule has 1 rings (SSSR count). The SMILES string of the molecule is CCN(CC(C)(C)O)C(=O)N1CCSCC1CC(=O)O. The summed E-state index contributed by atoms with van der Waals surface area (Å²) >= 11 is 1.67. The van der Waals surface area contributed by atoms with Crippen LogP contribution in [0.15, 0.2) is 0 Å². The minimum Gasteiger partial charge on any atom is -0.481 e. The molecule has 0 saturated carbocycles. The van der Waals surface area contributed by atoms with E-state index in [0.29, 0.717) is 18.8 Å². The first-order valence-corrected chi connectivity index (χ1v) is 7.97. The highest BCUT2D eigenvalue weighted by Crippen LogP contribution is 2.21. The van der Waals surface area contributed by atoms with Gasteiger partial charge in [0.1, 0.15) is 0 Å². The molecule has 0 bridgehead atoms. The summed E-state index contributed by atoms with van der Waals surface area (Å²) in [6, 6.07) is -0.448. The Morgan fingerprint density at radius 1 is 1.45 bits per heavy atom. The van der Waals surface area contributed by atoms with E-state index in [1.54, 1.807) is 35.4 Å². The Labute approximate surface area is 124 Å². The van der Waals surface area contributed by atoms with Gasteiger partial charge < -0.3 is 20.0 Å². The normalized spacial score (nSPS) is 19.8. The lowest BCUT2D eigenvalue weighted by atomic mass is 10.1. The Balaban J connectivity index is 2.76. The molecule has 20 heavy (non-hydrogen) atoms. The Hall–Kier alpha value is -0.950. The van der Waals surface area contributed by atoms with Gasteiger partial charge in [0.25, 0.3) is 0 Å². The van der Waals surface area contributed by atoms with Crippen LogP contribution < -0.4 is 0 Å². The smallest absolute Gasteiger partial charge is 0.320 e. The number of carbonyl (C=O) groups excluding carboxylic acids is 1. The minimum atomic E-state index is -0.960. The Morgan fingerprint density at radius 3 is 2.60 bits per heavy atom. The van der Waals surface area contributed by atoms with Crippen LogP contribution in [0.1, 0.15) is 27.2 Å². The molecule has 7 heteroatoms. The van der Waals surface area contributed by atoms with Crippen LogP contribution in [-0.2, 0) is 4.79 Å². The van der Waals surface area contributed by atoms with Crippen LogP contribution in [0.4, 0.5) is 4.79 Å². The van der Waals surface area contributed by atoms with Gasteiger partial charge in [-0.1, -0.05) is 0 Å². The zero-order chi connectivity index (χ0) is 15.3. The number of nitrogens with zero attached hydrogens (tertiary/aromatic N) is 2. The molecule has 2 amide bonds. The van der Waals surface area contributed by atoms with Gasteiger partial charge in [-0.3, -0.25) is 4.79 Å². The number of carbonyl (C=O) groups is 2. The second-order valence-electron chi connectivity index (χ2n) is 5.63. The van der Waals surface area contributed by atoms with E-state index >= 15 is 0 Å². The van der Waals surface area contributed by atoms with Crippen molar-refractivity contribution in [2.24, 2.45) is 0 Å². The third-order valence-electron chi connectivity index (χ3n) is 3.11. The molecule has 0 aromatic heterocycles. The lowest BCUT2D eigenvalue weighted by molar-refractivity contribution is -0.138. The van der Waals surface area contributed by atoms with E-state index in [2.05, 4.69) is 0 Å². The number of amides is 2. The molecule has 6 nitrogen and oxygen atoms in total. The molecule has 1 unspecified atom stereocenters. The summed E-state index contributed by atoms with van der Waals surface area (Å²) in [4.78, 5) is 26.7. The van der Waals surface area contributed by atoms with E-state index in [1.165, 1.54) is 0 Å². The average molecular weight is 304 g/mol. The molecule has 2 N–H and O–H groups in total. The zero-order valence-electron chi connectivity index (χ0n) is 12.3. The van der Waals surface area contributed by atoms with Crippen LogP contribution in [0.2, 0.25) is 0 Å². The molecular formula is C13H24N2O4S. The summed E-state index contributed by atoms with van der Waals surface area (Å²) in [5.41, 5.74) is -0.960. The molecule has 1 aliphatic rings. The predicted octanol–water partition coefficient (Wildman–Crippen LogP) is 1.09. The van der Waals surface area contributed by atoms with Gasteiger partial charge in [-0.05, 0) is 20.8 Å². The van der Waals surface area contributed by atoms with Gasteiger partial charge in [0.15, 0.2) is 0 Å². The number of hydrogen-bond acceptors (Lipinski definition) is 4. The number of urea groups is 1. The number of hydrogen-bond donors (Lipinski definition) is 2. The van der Waals surface area contributed by atoms with Crippen LogP contribution in [0.25, 0.3) is 0 Å². The van der Waals surface area contributed by atoms with E-state index in [-0.39, 0.29) is 25.0 Å². The highest BCUT2D eigenvalue weighted by Gasteiger charge is 2.32. The van der Waals surface area contributed by atoms with Crippen molar-refractivity contribution in [2.45, 2.75) is 38.8 Å². The van der Waals surface area contributed by atoms with Crippen molar-refractivity contribution in [3.63, 3.8) is 0 Å². The van der Waals surface area contributed by atoms with Gasteiger partial charge >= 0.3 is 12.0 Å². The van der Waals surface area contributed by atoms with Gasteiger partial charge in [-0.25, -0.2) is 4.79 Å². The molecule has 0 aliphatic carbocycles. The second-order valence-corrected chi connectivity index (χ2v) is 6.78. The van der Waals surface area contributed by atoms with Crippen molar-refractivity contribution in [1.82, 2.24) is 9.80 Å². The molecule has 0 aromatic carbocycles. The summed E-state index contributed by atoms with van der Waals surface area (Å²) < 4.78 is 0. The van der Waals surface area contributed by atoms with Crippen LogP contribution in [0, 0.1) is 0 Å². The molecule has 116 valence electrons. The molecule has 0 radical (unpaired) electrons. The van der Waals surface area contributed by atoms with Crippen LogP contribution in [0.5, 0.6) is 0 Å². The van der Waals surface area contributed by atoms with Crippen molar-refractivity contribution in [2.75, 3.05) is 31.1 Å². The number of aliphatic hydroxyl groups is 1. The van der Waals surface area contributed by atoms with Crippen molar-refractivity contribution in [3.8, 4) is 0 Å². The number of carboxylic acids is 1. The molecule has 0 spiro atoms. The number of aliphatic carboxylic acids is 1. The fourth-order valence-electron chi connectivity index (χ4n) is 2.24. The van der Waals surface area contributed by atoms with Crippen molar-refractivity contribution < 1.29 is 19.8 Å². The molecule has 1 fully saturated rings. The zero-order valence-corrected chi connectivity index (χ0v) is 13.2. The van der Waals surface area contributed by atoms with Crippen molar-refractivity contribution in [3.05, 3.63) is 0 Å². The van der Waals surface area contributed by atoms with Gasteiger partial charge in [0, 0.05) is 24.6 Å². The van der Waals surface area contributed by atoms with E-state index in [0.717, 1.165) is 5.75 Å². The lowest BCUT2D eigenvalue weighted by Gasteiger charge is -2.39. The molecule has 1 heterocycles. The van der Waals surface area contributed by atoms with Crippen molar-refractivity contribution >= 4 is 23.8 Å².